The van der Waals surface area contributed by atoms with Gasteiger partial charge in [0.2, 0.25) is 0 Å². The van der Waals surface area contributed by atoms with Gasteiger partial charge in [-0.2, -0.15) is 0 Å². The van der Waals surface area contributed by atoms with E-state index in [1.807, 2.05) is 0 Å². The molecule has 0 spiro atoms. The van der Waals surface area contributed by atoms with Crippen LogP contribution in [0.4, 0.5) is 5.00 Å². The molecule has 9 heteroatoms. The smallest absolute Gasteiger partial charge is 0.346 e. The van der Waals surface area contributed by atoms with Gasteiger partial charge < -0.3 is 10.2 Å². The molecule has 19 heavy (non-hydrogen) atoms. The largest absolute Gasteiger partial charge is 0.477 e. The van der Waals surface area contributed by atoms with Gasteiger partial charge in [-0.05, 0) is 17.5 Å². The molecule has 0 aliphatic rings. The number of carboxylic acids is 2. The fraction of sp³-hybridized carbons (Fsp3) is 0. The minimum Gasteiger partial charge on any atom is -0.477 e. The fourth-order valence-corrected chi connectivity index (χ4v) is 2.16. The normalized spacial score (nSPS) is 9.26. The maximum atomic E-state index is 10.2. The number of nitro groups is 1. The summed E-state index contributed by atoms with van der Waals surface area (Å²) in [5.41, 5.74) is 0. The van der Waals surface area contributed by atoms with Crippen LogP contribution in [0.5, 0.6) is 0 Å². The lowest BCUT2D eigenvalue weighted by molar-refractivity contribution is -0.380. The lowest BCUT2D eigenvalue weighted by atomic mass is 10.5. The first kappa shape index (κ1) is 14.8. The summed E-state index contributed by atoms with van der Waals surface area (Å²) in [5.74, 6) is -1.98. The molecule has 0 amide bonds. The van der Waals surface area contributed by atoms with Gasteiger partial charge >= 0.3 is 16.9 Å². The molecule has 2 rings (SSSR count). The van der Waals surface area contributed by atoms with E-state index in [9.17, 15) is 19.7 Å². The van der Waals surface area contributed by atoms with Gasteiger partial charge in [0.1, 0.15) is 9.75 Å². The van der Waals surface area contributed by atoms with Gasteiger partial charge in [-0.15, -0.1) is 11.3 Å². The molecular formula is C10H7NO6S2. The van der Waals surface area contributed by atoms with Crippen molar-refractivity contribution in [2.24, 2.45) is 0 Å². The molecule has 2 heterocycles. The predicted octanol–water partition coefficient (Wildman–Crippen LogP) is 2.80. The van der Waals surface area contributed by atoms with E-state index >= 15 is 0 Å². The Bertz CT molecular complexity index is 560. The molecule has 0 atom stereocenters. The van der Waals surface area contributed by atoms with Crippen molar-refractivity contribution < 1.29 is 24.7 Å². The van der Waals surface area contributed by atoms with Crippen LogP contribution < -0.4 is 0 Å². The highest BCUT2D eigenvalue weighted by Gasteiger charge is 2.13. The van der Waals surface area contributed by atoms with Crippen LogP contribution in [0.15, 0.2) is 29.6 Å². The highest BCUT2D eigenvalue weighted by atomic mass is 32.1. The van der Waals surface area contributed by atoms with Crippen LogP contribution in [-0.4, -0.2) is 27.1 Å². The Hall–Kier alpha value is -2.26. The fourth-order valence-electron chi connectivity index (χ4n) is 0.941. The number of rotatable bonds is 3. The molecule has 0 aliphatic heterocycles. The van der Waals surface area contributed by atoms with Crippen LogP contribution in [0.2, 0.25) is 0 Å². The summed E-state index contributed by atoms with van der Waals surface area (Å²) >= 11 is 1.88. The Labute approximate surface area is 114 Å². The number of aromatic carboxylic acids is 2. The molecule has 2 N–H and O–H groups in total. The second-order valence-electron chi connectivity index (χ2n) is 2.98. The van der Waals surface area contributed by atoms with Crippen LogP contribution >= 0.6 is 22.7 Å². The van der Waals surface area contributed by atoms with Crippen molar-refractivity contribution in [1.82, 2.24) is 0 Å². The van der Waals surface area contributed by atoms with Gasteiger partial charge in [0.25, 0.3) is 0 Å². The zero-order valence-corrected chi connectivity index (χ0v) is 10.8. The molecule has 0 saturated carbocycles. The van der Waals surface area contributed by atoms with Crippen LogP contribution in [0, 0.1) is 10.1 Å². The van der Waals surface area contributed by atoms with Gasteiger partial charge in [0.15, 0.2) is 0 Å². The molecule has 0 bridgehead atoms. The molecule has 2 aromatic heterocycles. The second-order valence-corrected chi connectivity index (χ2v) is 4.99. The zero-order valence-electron chi connectivity index (χ0n) is 9.18. The van der Waals surface area contributed by atoms with Crippen LogP contribution in [0.3, 0.4) is 0 Å². The van der Waals surface area contributed by atoms with E-state index in [1.54, 1.807) is 17.5 Å². The minimum absolute atomic E-state index is 0.0169. The van der Waals surface area contributed by atoms with Gasteiger partial charge in [-0.3, -0.25) is 10.1 Å². The molecule has 0 unspecified atom stereocenters. The average molecular weight is 301 g/mol. The molecule has 0 aromatic carbocycles. The van der Waals surface area contributed by atoms with Crippen molar-refractivity contribution in [1.29, 1.82) is 0 Å². The van der Waals surface area contributed by atoms with Gasteiger partial charge in [-0.25, -0.2) is 9.59 Å². The van der Waals surface area contributed by atoms with Crippen molar-refractivity contribution in [3.05, 3.63) is 49.5 Å². The molecule has 2 aromatic rings. The van der Waals surface area contributed by atoms with Gasteiger partial charge in [0, 0.05) is 6.07 Å². The highest BCUT2D eigenvalue weighted by molar-refractivity contribution is 7.17. The van der Waals surface area contributed by atoms with Crippen LogP contribution in [0.1, 0.15) is 19.3 Å². The average Bonchev–Trinajstić information content (AvgIpc) is 3.02. The van der Waals surface area contributed by atoms with Crippen molar-refractivity contribution in [3.63, 3.8) is 0 Å². The van der Waals surface area contributed by atoms with E-state index < -0.39 is 16.9 Å². The summed E-state index contributed by atoms with van der Waals surface area (Å²) in [5, 5.41) is 28.3. The summed E-state index contributed by atoms with van der Waals surface area (Å²) in [6.07, 6.45) is 0. The van der Waals surface area contributed by atoms with Crippen molar-refractivity contribution in [3.8, 4) is 0 Å². The number of carbonyl (C=O) groups is 2. The van der Waals surface area contributed by atoms with Gasteiger partial charge in [-0.1, -0.05) is 17.4 Å². The minimum atomic E-state index is -1.14. The Morgan fingerprint density at radius 1 is 1.11 bits per heavy atom. The van der Waals surface area contributed by atoms with Crippen LogP contribution in [-0.2, 0) is 0 Å². The Morgan fingerprint density at radius 3 is 2.00 bits per heavy atom. The third-order valence-electron chi connectivity index (χ3n) is 1.71. The third kappa shape index (κ3) is 4.48. The second kappa shape index (κ2) is 6.61. The predicted molar refractivity (Wildman–Crippen MR) is 69.2 cm³/mol. The highest BCUT2D eigenvalue weighted by Crippen LogP contribution is 2.23. The number of hydrogen-bond acceptors (Lipinski definition) is 6. The molecular weight excluding hydrogens is 294 g/mol. The summed E-state index contributed by atoms with van der Waals surface area (Å²) in [4.78, 5) is 30.1. The monoisotopic (exact) mass is 301 g/mol. The van der Waals surface area contributed by atoms with Crippen molar-refractivity contribution in [2.75, 3.05) is 0 Å². The molecule has 0 aliphatic carbocycles. The summed E-state index contributed by atoms with van der Waals surface area (Å²) in [6.45, 7) is 0. The Morgan fingerprint density at radius 2 is 1.74 bits per heavy atom. The van der Waals surface area contributed by atoms with E-state index in [2.05, 4.69) is 0 Å². The maximum absolute atomic E-state index is 10.2. The molecule has 0 saturated heterocycles. The molecule has 100 valence electrons. The number of carboxylic acid groups (broad SMARTS) is 2. The van der Waals surface area contributed by atoms with E-state index in [0.717, 1.165) is 0 Å². The van der Waals surface area contributed by atoms with Crippen molar-refractivity contribution >= 4 is 39.6 Å². The first-order valence-corrected chi connectivity index (χ1v) is 6.35. The summed E-state index contributed by atoms with van der Waals surface area (Å²) < 4.78 is 0. The molecule has 0 radical (unpaired) electrons. The number of hydrogen-bond donors (Lipinski definition) is 2. The molecule has 0 fully saturated rings. The van der Waals surface area contributed by atoms with E-state index in [-0.39, 0.29) is 9.88 Å². The van der Waals surface area contributed by atoms with E-state index in [0.29, 0.717) is 16.2 Å². The van der Waals surface area contributed by atoms with Crippen LogP contribution in [0.25, 0.3) is 0 Å². The Balaban J connectivity index is 0.000000200. The Kier molecular flexibility index (Phi) is 5.15. The maximum Gasteiger partial charge on any atom is 0.346 e. The van der Waals surface area contributed by atoms with Crippen molar-refractivity contribution in [2.45, 2.75) is 0 Å². The summed E-state index contributed by atoms with van der Waals surface area (Å²) in [7, 11) is 0. The first-order valence-electron chi connectivity index (χ1n) is 4.66. The standard InChI is InChI=1S/C5H3NO4S.C5H4O2S/c7-5(8)3-1-2-4(11-3)6(9)10;6-5(7)4-2-1-3-8-4/h1-2H,(H,7,8);1-3H,(H,6,7). The van der Waals surface area contributed by atoms with E-state index in [1.165, 1.54) is 23.5 Å². The first-order chi connectivity index (χ1) is 8.91. The van der Waals surface area contributed by atoms with Gasteiger partial charge in [0.05, 0.1) is 4.92 Å². The lowest BCUT2D eigenvalue weighted by Gasteiger charge is -1.81. The zero-order chi connectivity index (χ0) is 14.4. The number of nitrogens with zero attached hydrogens (tertiary/aromatic N) is 1. The SMILES string of the molecule is O=C(O)c1ccc([N+](=O)[O-])s1.O=C(O)c1cccs1. The topological polar surface area (TPSA) is 118 Å². The summed E-state index contributed by atoms with van der Waals surface area (Å²) in [6, 6.07) is 5.68. The third-order valence-corrected chi connectivity index (χ3v) is 3.60. The quantitative estimate of drug-likeness (QED) is 0.664. The molecule has 7 nitrogen and oxygen atoms in total. The lowest BCUT2D eigenvalue weighted by Crippen LogP contribution is -1.89. The number of thiophene rings is 2. The van der Waals surface area contributed by atoms with E-state index in [4.69, 9.17) is 10.2 Å².